The maximum Gasteiger partial charge on any atom is 0.411 e. The number of amides is 1. The molecule has 0 aliphatic rings. The molecule has 0 bridgehead atoms. The zero-order chi connectivity index (χ0) is 11.9. The zero-order valence-electron chi connectivity index (χ0n) is 10.0. The van der Waals surface area contributed by atoms with Crippen molar-refractivity contribution < 1.29 is 14.0 Å². The minimum atomic E-state index is -1.44. The largest absolute Gasteiger partial charge is 0.419 e. The number of alkyl carbamates (subject to hydrolysis) is 1. The Balaban J connectivity index is 3.59. The molecular weight excluding hydrogens is 226 g/mol. The van der Waals surface area contributed by atoms with Gasteiger partial charge in [-0.3, -0.25) is 0 Å². The number of nitrogens with one attached hydrogen (secondary N) is 1. The highest BCUT2D eigenvalue weighted by Gasteiger charge is 2.17. The van der Waals surface area contributed by atoms with E-state index in [9.17, 15) is 4.79 Å². The molecule has 0 spiro atoms. The van der Waals surface area contributed by atoms with Crippen LogP contribution in [-0.4, -0.2) is 36.9 Å². The zero-order valence-corrected chi connectivity index (χ0v) is 13.0. The van der Waals surface area contributed by atoms with Gasteiger partial charge in [-0.2, -0.15) is 0 Å². The molecule has 0 aromatic heterocycles. The molecule has 0 aliphatic heterocycles. The topological polar surface area (TPSA) is 47.6 Å². The average molecular weight is 247 g/mol. The van der Waals surface area contributed by atoms with E-state index in [1.807, 2.05) is 0 Å². The van der Waals surface area contributed by atoms with Crippen LogP contribution in [0.3, 0.4) is 0 Å². The number of rotatable bonds is 6. The molecule has 0 fully saturated rings. The first kappa shape index (κ1) is 14.4. The molecule has 0 aromatic rings. The predicted molar refractivity (Wildman–Crippen MR) is 67.5 cm³/mol. The molecule has 15 heavy (non-hydrogen) atoms. The first-order chi connectivity index (χ1) is 6.85. The second-order valence-corrected chi connectivity index (χ2v) is 10.1. The van der Waals surface area contributed by atoms with Gasteiger partial charge in [-0.15, -0.1) is 0 Å². The Morgan fingerprint density at radius 2 is 2.20 bits per heavy atom. The third-order valence-corrected chi connectivity index (χ3v) is 3.96. The molecule has 1 unspecified atom stereocenters. The second kappa shape index (κ2) is 6.81. The molecule has 0 saturated heterocycles. The van der Waals surface area contributed by atoms with Crippen LogP contribution in [-0.2, 0) is 9.16 Å². The highest BCUT2D eigenvalue weighted by atomic mass is 28.4. The maximum absolute atomic E-state index is 10.9. The third kappa shape index (κ3) is 9.70. The Hall–Kier alpha value is -0.596. The smallest absolute Gasteiger partial charge is 0.411 e. The summed E-state index contributed by atoms with van der Waals surface area (Å²) >= 11 is 0. The van der Waals surface area contributed by atoms with Gasteiger partial charge < -0.3 is 14.5 Å². The number of hydrogen-bond donors (Lipinski definition) is 1. The van der Waals surface area contributed by atoms with Crippen LogP contribution in [0.5, 0.6) is 0 Å². The van der Waals surface area contributed by atoms with Gasteiger partial charge in [-0.25, -0.2) is 4.79 Å². The molecule has 0 radical (unpaired) electrons. The van der Waals surface area contributed by atoms with Crippen molar-refractivity contribution in [3.8, 4) is 0 Å². The first-order valence-electron chi connectivity index (χ1n) is 5.08. The molecule has 88 valence electrons. The van der Waals surface area contributed by atoms with E-state index < -0.39 is 14.4 Å². The summed E-state index contributed by atoms with van der Waals surface area (Å²) in [5, 5.41) is 2.63. The van der Waals surface area contributed by atoms with E-state index in [0.29, 0.717) is 12.3 Å². The normalized spacial score (nSPS) is 13.3. The lowest BCUT2D eigenvalue weighted by Crippen LogP contribution is -2.35. The summed E-state index contributed by atoms with van der Waals surface area (Å²) in [7, 11) is -0.455. The van der Waals surface area contributed by atoms with Crippen LogP contribution >= 0.6 is 0 Å². The Kier molecular flexibility index (Phi) is 6.54. The van der Waals surface area contributed by atoms with Crippen LogP contribution in [0.2, 0.25) is 19.6 Å². The van der Waals surface area contributed by atoms with Crippen LogP contribution < -0.4 is 5.32 Å². The van der Waals surface area contributed by atoms with E-state index >= 15 is 0 Å². The van der Waals surface area contributed by atoms with Gasteiger partial charge in [0.15, 0.2) is 8.32 Å². The highest BCUT2D eigenvalue weighted by molar-refractivity contribution is 6.70. The lowest BCUT2D eigenvalue weighted by Gasteiger charge is -2.23. The van der Waals surface area contributed by atoms with Crippen LogP contribution in [0.1, 0.15) is 6.42 Å². The van der Waals surface area contributed by atoms with Gasteiger partial charge in [0.25, 0.3) is 0 Å². The molecule has 1 N–H and O–H groups in total. The van der Waals surface area contributed by atoms with E-state index in [2.05, 4.69) is 36.3 Å². The number of hydrogen-bond acceptors (Lipinski definition) is 3. The first-order valence-corrected chi connectivity index (χ1v) is 9.64. The molecule has 0 heterocycles. The van der Waals surface area contributed by atoms with Gasteiger partial charge in [0.05, 0.1) is 6.26 Å². The van der Waals surface area contributed by atoms with E-state index in [0.717, 1.165) is 22.9 Å². The number of carbonyl (C=O) groups is 1. The fraction of sp³-hybridized carbons (Fsp3) is 0.667. The summed E-state index contributed by atoms with van der Waals surface area (Å²) in [6.07, 6.45) is 1.52. The molecule has 4 nitrogen and oxygen atoms in total. The molecule has 1 atom stereocenters. The molecule has 0 aromatic carbocycles. The predicted octanol–water partition coefficient (Wildman–Crippen LogP) is 0.789. The van der Waals surface area contributed by atoms with E-state index in [1.54, 1.807) is 0 Å². The van der Waals surface area contributed by atoms with Crippen LogP contribution in [0.4, 0.5) is 4.79 Å². The van der Waals surface area contributed by atoms with E-state index in [-0.39, 0.29) is 0 Å². The van der Waals surface area contributed by atoms with Crippen molar-refractivity contribution in [2.75, 3.05) is 6.54 Å². The van der Waals surface area contributed by atoms with Crippen molar-refractivity contribution >= 4 is 24.7 Å². The minimum absolute atomic E-state index is 0.306. The molecule has 0 saturated carbocycles. The Morgan fingerprint density at radius 3 is 2.67 bits per heavy atom. The number of ether oxygens (including phenoxy) is 1. The van der Waals surface area contributed by atoms with Gasteiger partial charge in [-0.1, -0.05) is 6.58 Å². The fourth-order valence-electron chi connectivity index (χ4n) is 1.16. The Morgan fingerprint density at radius 1 is 1.60 bits per heavy atom. The van der Waals surface area contributed by atoms with Crippen LogP contribution in [0.15, 0.2) is 12.8 Å². The van der Waals surface area contributed by atoms with E-state index in [1.165, 1.54) is 0 Å². The van der Waals surface area contributed by atoms with E-state index in [4.69, 9.17) is 4.43 Å². The van der Waals surface area contributed by atoms with Crippen molar-refractivity contribution in [3.05, 3.63) is 12.8 Å². The lowest BCUT2D eigenvalue weighted by atomic mass is 10.4. The third-order valence-electron chi connectivity index (χ3n) is 1.57. The molecular formula is C9H21NO3Si2. The Labute approximate surface area is 95.6 Å². The van der Waals surface area contributed by atoms with Gasteiger partial charge in [0, 0.05) is 22.5 Å². The van der Waals surface area contributed by atoms with Crippen LogP contribution in [0, 0.1) is 0 Å². The monoisotopic (exact) mass is 247 g/mol. The minimum Gasteiger partial charge on any atom is -0.419 e. The molecule has 0 rings (SSSR count). The second-order valence-electron chi connectivity index (χ2n) is 4.33. The summed E-state index contributed by atoms with van der Waals surface area (Å²) in [4.78, 5) is 10.9. The van der Waals surface area contributed by atoms with Crippen LogP contribution in [0.25, 0.3) is 0 Å². The van der Waals surface area contributed by atoms with Gasteiger partial charge >= 0.3 is 6.09 Å². The summed E-state index contributed by atoms with van der Waals surface area (Å²) in [5.41, 5.74) is 0.306. The van der Waals surface area contributed by atoms with Crippen molar-refractivity contribution in [2.45, 2.75) is 31.8 Å². The van der Waals surface area contributed by atoms with Crippen molar-refractivity contribution in [3.63, 3.8) is 0 Å². The van der Waals surface area contributed by atoms with Crippen molar-refractivity contribution in [2.24, 2.45) is 0 Å². The standard InChI is InChI=1S/C9H21NO3Si2/c1-5-12-9(11)10-7-6-8(14)13-15(2,3)4/h5,8H,1,6-7H2,2-4,14H3,(H,10,11). The SMILES string of the molecule is C=COC(=O)NCCC([SiH3])O[Si](C)(C)C. The average Bonchev–Trinajstić information content (AvgIpc) is 2.00. The maximum atomic E-state index is 10.9. The van der Waals surface area contributed by atoms with Gasteiger partial charge in [0.2, 0.25) is 0 Å². The number of carbonyl (C=O) groups excluding carboxylic acids is 1. The summed E-state index contributed by atoms with van der Waals surface area (Å²) in [6, 6.07) is 0. The summed E-state index contributed by atoms with van der Waals surface area (Å²) in [6.45, 7) is 10.4. The molecule has 0 aliphatic carbocycles. The highest BCUT2D eigenvalue weighted by Crippen LogP contribution is 2.07. The molecule has 6 heteroatoms. The van der Waals surface area contributed by atoms with Crippen molar-refractivity contribution in [1.82, 2.24) is 5.32 Å². The fourth-order valence-corrected chi connectivity index (χ4v) is 4.89. The summed E-state index contributed by atoms with van der Waals surface area (Å²) < 4.78 is 10.4. The van der Waals surface area contributed by atoms with Crippen molar-refractivity contribution in [1.29, 1.82) is 0 Å². The lowest BCUT2D eigenvalue weighted by molar-refractivity contribution is 0.183. The van der Waals surface area contributed by atoms with Gasteiger partial charge in [-0.05, 0) is 26.1 Å². The Bertz CT molecular complexity index is 216. The molecule has 1 amide bonds. The quantitative estimate of drug-likeness (QED) is 0.558. The summed E-state index contributed by atoms with van der Waals surface area (Å²) in [5.74, 6) is 0. The van der Waals surface area contributed by atoms with Gasteiger partial charge in [0.1, 0.15) is 0 Å².